The average Bonchev–Trinajstić information content (AvgIpc) is 2.91. The summed E-state index contributed by atoms with van der Waals surface area (Å²) in [4.78, 5) is 29.2. The van der Waals surface area contributed by atoms with Gasteiger partial charge in [-0.25, -0.2) is 14.6 Å². The molecule has 1 aromatic rings. The third kappa shape index (κ3) is 5.17. The number of urea groups is 1. The number of amides is 2. The molecule has 0 saturated carbocycles. The number of thiol groups is 1. The molecule has 124 valence electrons. The van der Waals surface area contributed by atoms with Crippen molar-refractivity contribution in [3.8, 4) is 0 Å². The Morgan fingerprint density at radius 2 is 2.09 bits per heavy atom. The highest BCUT2D eigenvalue weighted by Gasteiger charge is 2.27. The summed E-state index contributed by atoms with van der Waals surface area (Å²) in [7, 11) is 1.62. The minimum atomic E-state index is -1.06. The normalized spacial score (nSPS) is 13.7. The van der Waals surface area contributed by atoms with Gasteiger partial charge in [0.1, 0.15) is 6.04 Å². The summed E-state index contributed by atoms with van der Waals surface area (Å²) in [5.74, 6) is -0.584. The van der Waals surface area contributed by atoms with Gasteiger partial charge in [-0.1, -0.05) is 20.8 Å². The molecule has 0 aromatic carbocycles. The molecule has 1 aromatic heterocycles. The van der Waals surface area contributed by atoms with Gasteiger partial charge in [0.15, 0.2) is 0 Å². The van der Waals surface area contributed by atoms with Gasteiger partial charge in [0.05, 0.1) is 17.2 Å². The molecule has 0 radical (unpaired) electrons. The van der Waals surface area contributed by atoms with Crippen molar-refractivity contribution in [2.24, 2.45) is 5.92 Å². The van der Waals surface area contributed by atoms with Crippen LogP contribution in [0.5, 0.6) is 0 Å². The molecule has 22 heavy (non-hydrogen) atoms. The molecule has 2 amide bonds. The Labute approximate surface area is 140 Å². The van der Waals surface area contributed by atoms with E-state index in [2.05, 4.69) is 36.8 Å². The molecule has 0 fully saturated rings. The topological polar surface area (TPSA) is 82.5 Å². The lowest BCUT2D eigenvalue weighted by molar-refractivity contribution is -0.140. The largest absolute Gasteiger partial charge is 0.480 e. The van der Waals surface area contributed by atoms with Crippen molar-refractivity contribution in [1.82, 2.24) is 15.2 Å². The van der Waals surface area contributed by atoms with Crippen LogP contribution in [0.1, 0.15) is 37.4 Å². The highest BCUT2D eigenvalue weighted by Crippen LogP contribution is 2.19. The van der Waals surface area contributed by atoms with E-state index in [9.17, 15) is 14.7 Å². The maximum atomic E-state index is 12.1. The lowest BCUT2D eigenvalue weighted by Gasteiger charge is -2.23. The zero-order valence-corrected chi connectivity index (χ0v) is 14.9. The van der Waals surface area contributed by atoms with Crippen molar-refractivity contribution in [1.29, 1.82) is 0 Å². The van der Waals surface area contributed by atoms with Gasteiger partial charge in [-0.3, -0.25) is 0 Å². The fraction of sp³-hybridized carbons (Fsp3) is 0.643. The molecule has 2 atom stereocenters. The molecular formula is C14H23N3O3S2. The lowest BCUT2D eigenvalue weighted by atomic mass is 10.0. The zero-order chi connectivity index (χ0) is 16.9. The second-order valence-electron chi connectivity index (χ2n) is 5.61. The monoisotopic (exact) mass is 345 g/mol. The van der Waals surface area contributed by atoms with Gasteiger partial charge in [-0.15, -0.1) is 11.3 Å². The van der Waals surface area contributed by atoms with Gasteiger partial charge >= 0.3 is 12.0 Å². The van der Waals surface area contributed by atoms with E-state index >= 15 is 0 Å². The van der Waals surface area contributed by atoms with E-state index < -0.39 is 18.0 Å². The van der Waals surface area contributed by atoms with Crippen LogP contribution in [0.3, 0.4) is 0 Å². The summed E-state index contributed by atoms with van der Waals surface area (Å²) in [5, 5.41) is 14.7. The first-order valence-corrected chi connectivity index (χ1v) is 8.57. The molecule has 0 spiro atoms. The zero-order valence-electron chi connectivity index (χ0n) is 13.2. The van der Waals surface area contributed by atoms with E-state index in [1.54, 1.807) is 25.3 Å². The van der Waals surface area contributed by atoms with Crippen LogP contribution in [-0.2, 0) is 11.3 Å². The van der Waals surface area contributed by atoms with Gasteiger partial charge in [0.2, 0.25) is 0 Å². The summed E-state index contributed by atoms with van der Waals surface area (Å²) >= 11 is 5.65. The first-order valence-electron chi connectivity index (χ1n) is 7.05. The van der Waals surface area contributed by atoms with Crippen molar-refractivity contribution >= 4 is 36.0 Å². The Bertz CT molecular complexity index is 519. The highest BCUT2D eigenvalue weighted by atomic mass is 32.1. The maximum absolute atomic E-state index is 12.1. The number of rotatable bonds is 7. The molecule has 1 rings (SSSR count). The van der Waals surface area contributed by atoms with E-state index in [1.165, 1.54) is 4.90 Å². The van der Waals surface area contributed by atoms with Crippen molar-refractivity contribution in [2.45, 2.75) is 39.3 Å². The lowest BCUT2D eigenvalue weighted by Crippen LogP contribution is -2.49. The molecule has 1 heterocycles. The number of hydrogen-bond donors (Lipinski definition) is 3. The van der Waals surface area contributed by atoms with Crippen LogP contribution in [0.15, 0.2) is 5.38 Å². The molecule has 0 bridgehead atoms. The fourth-order valence-corrected chi connectivity index (χ4v) is 2.81. The summed E-state index contributed by atoms with van der Waals surface area (Å²) in [6, 6.07) is -1.38. The summed E-state index contributed by atoms with van der Waals surface area (Å²) in [6.45, 7) is 6.21. The van der Waals surface area contributed by atoms with Crippen molar-refractivity contribution in [2.75, 3.05) is 12.8 Å². The van der Waals surface area contributed by atoms with Crippen LogP contribution in [-0.4, -0.2) is 45.8 Å². The molecule has 1 unspecified atom stereocenters. The van der Waals surface area contributed by atoms with Crippen molar-refractivity contribution in [3.05, 3.63) is 16.1 Å². The van der Waals surface area contributed by atoms with Crippen LogP contribution in [0.25, 0.3) is 0 Å². The summed E-state index contributed by atoms with van der Waals surface area (Å²) in [6.07, 6.45) is 0. The van der Waals surface area contributed by atoms with Crippen LogP contribution in [0, 0.1) is 5.92 Å². The number of nitrogens with zero attached hydrogens (tertiary/aromatic N) is 2. The Hall–Kier alpha value is -1.28. The number of carbonyl (C=O) groups excluding carboxylic acids is 1. The molecule has 0 aliphatic rings. The van der Waals surface area contributed by atoms with E-state index in [-0.39, 0.29) is 5.92 Å². The molecule has 2 N–H and O–H groups in total. The van der Waals surface area contributed by atoms with Crippen LogP contribution >= 0.6 is 24.0 Å². The number of thiazole rings is 1. The number of hydrogen-bond acceptors (Lipinski definition) is 5. The number of nitrogens with one attached hydrogen (secondary N) is 1. The molecule has 0 aliphatic carbocycles. The van der Waals surface area contributed by atoms with Crippen molar-refractivity contribution in [3.63, 3.8) is 0 Å². The highest BCUT2D eigenvalue weighted by molar-refractivity contribution is 7.80. The van der Waals surface area contributed by atoms with Gasteiger partial charge < -0.3 is 15.3 Å². The van der Waals surface area contributed by atoms with Gasteiger partial charge in [-0.2, -0.15) is 12.6 Å². The second kappa shape index (κ2) is 8.38. The van der Waals surface area contributed by atoms with E-state index in [0.29, 0.717) is 18.2 Å². The van der Waals surface area contributed by atoms with Crippen LogP contribution < -0.4 is 5.32 Å². The number of aromatic nitrogens is 1. The van der Waals surface area contributed by atoms with Crippen molar-refractivity contribution < 1.29 is 14.7 Å². The first kappa shape index (κ1) is 18.8. The average molecular weight is 345 g/mol. The SMILES string of the molecule is CC(C)c1nc(CN(C)C(=O)N[C@H](C(=O)O)C(C)CS)cs1. The molecular weight excluding hydrogens is 322 g/mol. The predicted octanol–water partition coefficient (Wildman–Crippen LogP) is 2.43. The Morgan fingerprint density at radius 3 is 2.55 bits per heavy atom. The minimum Gasteiger partial charge on any atom is -0.480 e. The molecule has 0 saturated heterocycles. The third-order valence-electron chi connectivity index (χ3n) is 3.21. The van der Waals surface area contributed by atoms with Gasteiger partial charge in [0.25, 0.3) is 0 Å². The smallest absolute Gasteiger partial charge is 0.326 e. The quantitative estimate of drug-likeness (QED) is 0.663. The molecule has 6 nitrogen and oxygen atoms in total. The van der Waals surface area contributed by atoms with E-state index in [1.807, 2.05) is 5.38 Å². The number of carboxylic acid groups (broad SMARTS) is 1. The van der Waals surface area contributed by atoms with Gasteiger partial charge in [-0.05, 0) is 11.7 Å². The van der Waals surface area contributed by atoms with Crippen LogP contribution in [0.2, 0.25) is 0 Å². The Morgan fingerprint density at radius 1 is 1.45 bits per heavy atom. The fourth-order valence-electron chi connectivity index (χ4n) is 1.77. The predicted molar refractivity (Wildman–Crippen MR) is 90.6 cm³/mol. The maximum Gasteiger partial charge on any atom is 0.326 e. The number of carbonyl (C=O) groups is 2. The number of carboxylic acids is 1. The standard InChI is InChI=1S/C14H23N3O3S2/c1-8(2)12-15-10(7-22-12)5-17(4)14(20)16-11(13(18)19)9(3)6-21/h7-9,11,21H,5-6H2,1-4H3,(H,16,20)(H,18,19)/t9?,11-/m0/s1. The Kier molecular flexibility index (Phi) is 7.15. The van der Waals surface area contributed by atoms with Crippen LogP contribution in [0.4, 0.5) is 4.79 Å². The van der Waals surface area contributed by atoms with E-state index in [4.69, 9.17) is 0 Å². The summed E-state index contributed by atoms with van der Waals surface area (Å²) in [5.41, 5.74) is 0.806. The van der Waals surface area contributed by atoms with E-state index in [0.717, 1.165) is 10.7 Å². The molecule has 8 heteroatoms. The summed E-state index contributed by atoms with van der Waals surface area (Å²) < 4.78 is 0. The second-order valence-corrected chi connectivity index (χ2v) is 6.87. The third-order valence-corrected chi connectivity index (χ3v) is 4.98. The first-order chi connectivity index (χ1) is 10.3. The Balaban J connectivity index is 2.65. The number of aliphatic carboxylic acids is 1. The minimum absolute atomic E-state index is 0.259. The van der Waals surface area contributed by atoms with Gasteiger partial charge in [0, 0.05) is 18.3 Å². The molecule has 0 aliphatic heterocycles.